The van der Waals surface area contributed by atoms with Crippen molar-refractivity contribution in [2.75, 3.05) is 5.32 Å². The first-order valence-corrected chi connectivity index (χ1v) is 5.37. The molecule has 1 unspecified atom stereocenters. The molecule has 0 spiro atoms. The molecule has 2 rings (SSSR count). The molecule has 1 N–H and O–H groups in total. The highest BCUT2D eigenvalue weighted by atomic mass is 35.5. The molecule has 1 fully saturated rings. The molecule has 1 atom stereocenters. The zero-order valence-corrected chi connectivity index (χ0v) is 9.31. The third kappa shape index (κ3) is 2.28. The van der Waals surface area contributed by atoms with E-state index in [1.54, 1.807) is 0 Å². The maximum Gasteiger partial charge on any atom is 0.224 e. The Morgan fingerprint density at radius 2 is 2.21 bits per heavy atom. The van der Waals surface area contributed by atoms with E-state index in [1.165, 1.54) is 19.0 Å². The molecule has 1 heterocycles. The van der Waals surface area contributed by atoms with Gasteiger partial charge in [-0.15, -0.1) is 0 Å². The predicted octanol–water partition coefficient (Wildman–Crippen LogP) is 2.99. The summed E-state index contributed by atoms with van der Waals surface area (Å²) in [7, 11) is 0. The molecule has 0 aromatic carbocycles. The molecule has 3 nitrogen and oxygen atoms in total. The van der Waals surface area contributed by atoms with Crippen LogP contribution in [0, 0.1) is 5.92 Å². The van der Waals surface area contributed by atoms with Crippen LogP contribution in [0.15, 0.2) is 6.20 Å². The van der Waals surface area contributed by atoms with E-state index in [4.69, 9.17) is 23.2 Å². The molecule has 14 heavy (non-hydrogen) atoms. The molecule has 0 amide bonds. The van der Waals surface area contributed by atoms with E-state index in [9.17, 15) is 0 Å². The Morgan fingerprint density at radius 3 is 2.86 bits per heavy atom. The van der Waals surface area contributed by atoms with Crippen LogP contribution in [0.5, 0.6) is 0 Å². The fourth-order valence-corrected chi connectivity index (χ4v) is 1.66. The molecule has 0 radical (unpaired) electrons. The van der Waals surface area contributed by atoms with Crippen LogP contribution in [0.3, 0.4) is 0 Å². The number of aromatic nitrogens is 2. The van der Waals surface area contributed by atoms with Crippen molar-refractivity contribution in [1.82, 2.24) is 9.97 Å². The van der Waals surface area contributed by atoms with Gasteiger partial charge >= 0.3 is 0 Å². The Hall–Kier alpha value is -0.540. The van der Waals surface area contributed by atoms with Crippen molar-refractivity contribution in [2.45, 2.75) is 25.8 Å². The number of hydrogen-bond donors (Lipinski definition) is 1. The molecular formula is C9H11Cl2N3. The number of anilines is 1. The predicted molar refractivity (Wildman–Crippen MR) is 57.9 cm³/mol. The quantitative estimate of drug-likeness (QED) is 0.814. The van der Waals surface area contributed by atoms with Crippen LogP contribution in [0.25, 0.3) is 0 Å². The fourth-order valence-electron chi connectivity index (χ4n) is 1.38. The molecule has 1 aromatic heterocycles. The summed E-state index contributed by atoms with van der Waals surface area (Å²) in [6, 6.07) is 0.401. The van der Waals surface area contributed by atoms with Gasteiger partial charge in [-0.25, -0.2) is 4.98 Å². The third-order valence-electron chi connectivity index (χ3n) is 2.41. The lowest BCUT2D eigenvalue weighted by Gasteiger charge is -2.14. The van der Waals surface area contributed by atoms with Crippen LogP contribution < -0.4 is 5.32 Å². The average Bonchev–Trinajstić information content (AvgIpc) is 2.94. The summed E-state index contributed by atoms with van der Waals surface area (Å²) in [4.78, 5) is 7.82. The lowest BCUT2D eigenvalue weighted by molar-refractivity contribution is 0.690. The summed E-state index contributed by atoms with van der Waals surface area (Å²) in [6.45, 7) is 2.13. The van der Waals surface area contributed by atoms with E-state index >= 15 is 0 Å². The van der Waals surface area contributed by atoms with Gasteiger partial charge in [0.2, 0.25) is 5.28 Å². The van der Waals surface area contributed by atoms with Crippen molar-refractivity contribution in [3.63, 3.8) is 0 Å². The Morgan fingerprint density at radius 1 is 1.50 bits per heavy atom. The second-order valence-electron chi connectivity index (χ2n) is 3.61. The Bertz CT molecular complexity index is 339. The largest absolute Gasteiger partial charge is 0.366 e. The molecular weight excluding hydrogens is 221 g/mol. The minimum atomic E-state index is 0.222. The van der Waals surface area contributed by atoms with E-state index in [1.807, 2.05) is 0 Å². The van der Waals surface area contributed by atoms with E-state index in [2.05, 4.69) is 22.2 Å². The van der Waals surface area contributed by atoms with Gasteiger partial charge < -0.3 is 5.32 Å². The molecule has 1 aromatic rings. The number of rotatable bonds is 3. The molecule has 1 saturated carbocycles. The standard InChI is InChI=1S/C9H11Cl2N3/c1-5(6-2-3-6)13-8-7(10)4-12-9(11)14-8/h4-6H,2-3H2,1H3,(H,12,13,14). The summed E-state index contributed by atoms with van der Waals surface area (Å²) in [5, 5.41) is 3.98. The topological polar surface area (TPSA) is 37.8 Å². The lowest BCUT2D eigenvalue weighted by Crippen LogP contribution is -2.18. The van der Waals surface area contributed by atoms with Gasteiger partial charge in [-0.3, -0.25) is 0 Å². The third-order valence-corrected chi connectivity index (χ3v) is 2.87. The van der Waals surface area contributed by atoms with Crippen LogP contribution in [-0.4, -0.2) is 16.0 Å². The summed E-state index contributed by atoms with van der Waals surface area (Å²) in [5.41, 5.74) is 0. The van der Waals surface area contributed by atoms with Gasteiger partial charge in [-0.05, 0) is 37.3 Å². The first-order chi connectivity index (χ1) is 6.66. The molecule has 5 heteroatoms. The fraction of sp³-hybridized carbons (Fsp3) is 0.556. The van der Waals surface area contributed by atoms with E-state index in [0.717, 1.165) is 5.92 Å². The van der Waals surface area contributed by atoms with Gasteiger partial charge in [0.25, 0.3) is 0 Å². The molecule has 1 aliphatic rings. The van der Waals surface area contributed by atoms with Crippen LogP contribution in [-0.2, 0) is 0 Å². The van der Waals surface area contributed by atoms with Gasteiger partial charge in [0.1, 0.15) is 10.8 Å². The highest BCUT2D eigenvalue weighted by molar-refractivity contribution is 6.33. The second kappa shape index (κ2) is 3.91. The monoisotopic (exact) mass is 231 g/mol. The van der Waals surface area contributed by atoms with Crippen LogP contribution in [0.2, 0.25) is 10.3 Å². The second-order valence-corrected chi connectivity index (χ2v) is 4.35. The van der Waals surface area contributed by atoms with Gasteiger partial charge in [0.05, 0.1) is 6.20 Å². The summed E-state index contributed by atoms with van der Waals surface area (Å²) >= 11 is 11.6. The summed E-state index contributed by atoms with van der Waals surface area (Å²) in [5.74, 6) is 1.38. The number of nitrogens with one attached hydrogen (secondary N) is 1. The smallest absolute Gasteiger partial charge is 0.224 e. The van der Waals surface area contributed by atoms with E-state index < -0.39 is 0 Å². The van der Waals surface area contributed by atoms with Gasteiger partial charge in [0, 0.05) is 6.04 Å². The van der Waals surface area contributed by atoms with E-state index in [-0.39, 0.29) is 5.28 Å². The number of nitrogens with zero attached hydrogens (tertiary/aromatic N) is 2. The zero-order chi connectivity index (χ0) is 10.1. The van der Waals surface area contributed by atoms with Gasteiger partial charge in [0.15, 0.2) is 0 Å². The molecule has 0 saturated heterocycles. The number of hydrogen-bond acceptors (Lipinski definition) is 3. The normalized spacial score (nSPS) is 17.9. The molecule has 1 aliphatic carbocycles. The highest BCUT2D eigenvalue weighted by Crippen LogP contribution is 2.34. The van der Waals surface area contributed by atoms with Gasteiger partial charge in [-0.2, -0.15) is 4.98 Å². The lowest BCUT2D eigenvalue weighted by atomic mass is 10.2. The first-order valence-electron chi connectivity index (χ1n) is 4.61. The summed E-state index contributed by atoms with van der Waals surface area (Å²) < 4.78 is 0. The molecule has 0 aliphatic heterocycles. The first kappa shape index (κ1) is 9.99. The van der Waals surface area contributed by atoms with Crippen LogP contribution in [0.1, 0.15) is 19.8 Å². The zero-order valence-electron chi connectivity index (χ0n) is 7.80. The number of halogens is 2. The maximum absolute atomic E-state index is 5.92. The van der Waals surface area contributed by atoms with Crippen molar-refractivity contribution in [3.05, 3.63) is 16.5 Å². The van der Waals surface area contributed by atoms with E-state index in [0.29, 0.717) is 16.9 Å². The summed E-state index contributed by atoms with van der Waals surface area (Å²) in [6.07, 6.45) is 4.08. The molecule has 76 valence electrons. The maximum atomic E-state index is 5.92. The van der Waals surface area contributed by atoms with Crippen molar-refractivity contribution in [2.24, 2.45) is 5.92 Å². The average molecular weight is 232 g/mol. The van der Waals surface area contributed by atoms with Crippen LogP contribution in [0.4, 0.5) is 5.82 Å². The van der Waals surface area contributed by atoms with Crippen molar-refractivity contribution in [3.8, 4) is 0 Å². The van der Waals surface area contributed by atoms with Crippen molar-refractivity contribution >= 4 is 29.0 Å². The molecule has 0 bridgehead atoms. The minimum Gasteiger partial charge on any atom is -0.366 e. The SMILES string of the molecule is CC(Nc1nc(Cl)ncc1Cl)C1CC1. The minimum absolute atomic E-state index is 0.222. The Labute approximate surface area is 92.8 Å². The van der Waals surface area contributed by atoms with Crippen molar-refractivity contribution < 1.29 is 0 Å². The van der Waals surface area contributed by atoms with Gasteiger partial charge in [-0.1, -0.05) is 11.6 Å². The Kier molecular flexibility index (Phi) is 2.79. The van der Waals surface area contributed by atoms with Crippen LogP contribution >= 0.6 is 23.2 Å². The Balaban J connectivity index is 2.10. The highest BCUT2D eigenvalue weighted by Gasteiger charge is 2.28. The van der Waals surface area contributed by atoms with Crippen molar-refractivity contribution in [1.29, 1.82) is 0 Å².